The molecule has 0 amide bonds. The standard InChI is InChI=1S/C7H9N5O/c1-2-6(13-3-1)4-8-5-7-9-11-12-10-7/h1-3,8H,4-5H2,(H,9,10,11,12). The lowest BCUT2D eigenvalue weighted by molar-refractivity contribution is 0.480. The van der Waals surface area contributed by atoms with Gasteiger partial charge in [-0.2, -0.15) is 5.21 Å². The maximum absolute atomic E-state index is 5.13. The maximum Gasteiger partial charge on any atom is 0.188 e. The average molecular weight is 179 g/mol. The third-order valence-electron chi connectivity index (χ3n) is 1.55. The van der Waals surface area contributed by atoms with Gasteiger partial charge in [-0.1, -0.05) is 5.21 Å². The van der Waals surface area contributed by atoms with Crippen LogP contribution in [0.1, 0.15) is 11.6 Å². The highest BCUT2D eigenvalue weighted by Crippen LogP contribution is 1.98. The van der Waals surface area contributed by atoms with Gasteiger partial charge in [-0.15, -0.1) is 10.2 Å². The molecular weight excluding hydrogens is 170 g/mol. The Balaban J connectivity index is 1.76. The Kier molecular flexibility index (Phi) is 2.33. The number of aromatic nitrogens is 4. The highest BCUT2D eigenvalue weighted by Gasteiger charge is 1.98. The van der Waals surface area contributed by atoms with Gasteiger partial charge in [0.15, 0.2) is 5.82 Å². The van der Waals surface area contributed by atoms with Crippen LogP contribution in [-0.2, 0) is 13.1 Å². The zero-order valence-electron chi connectivity index (χ0n) is 6.90. The molecule has 0 atom stereocenters. The first-order valence-corrected chi connectivity index (χ1v) is 3.90. The summed E-state index contributed by atoms with van der Waals surface area (Å²) in [6.45, 7) is 1.25. The van der Waals surface area contributed by atoms with E-state index in [-0.39, 0.29) is 0 Å². The molecule has 0 aliphatic carbocycles. The summed E-state index contributed by atoms with van der Waals surface area (Å²) < 4.78 is 5.13. The fourth-order valence-electron chi connectivity index (χ4n) is 0.968. The molecule has 68 valence electrons. The van der Waals surface area contributed by atoms with Crippen LogP contribution in [0.3, 0.4) is 0 Å². The molecule has 6 heteroatoms. The minimum atomic E-state index is 0.581. The second-order valence-electron chi connectivity index (χ2n) is 2.51. The molecule has 6 nitrogen and oxygen atoms in total. The van der Waals surface area contributed by atoms with Crippen molar-refractivity contribution >= 4 is 0 Å². The van der Waals surface area contributed by atoms with Crippen LogP contribution in [0, 0.1) is 0 Å². The van der Waals surface area contributed by atoms with Gasteiger partial charge >= 0.3 is 0 Å². The van der Waals surface area contributed by atoms with E-state index >= 15 is 0 Å². The second kappa shape index (κ2) is 3.81. The molecule has 0 aliphatic rings. The van der Waals surface area contributed by atoms with Crippen molar-refractivity contribution in [3.05, 3.63) is 30.0 Å². The normalized spacial score (nSPS) is 10.5. The number of hydrogen-bond acceptors (Lipinski definition) is 5. The van der Waals surface area contributed by atoms with Crippen molar-refractivity contribution in [1.82, 2.24) is 25.9 Å². The van der Waals surface area contributed by atoms with Crippen LogP contribution in [-0.4, -0.2) is 20.6 Å². The van der Waals surface area contributed by atoms with E-state index in [0.29, 0.717) is 18.9 Å². The van der Waals surface area contributed by atoms with Gasteiger partial charge in [-0.25, -0.2) is 0 Å². The van der Waals surface area contributed by atoms with Crippen LogP contribution in [0.4, 0.5) is 0 Å². The summed E-state index contributed by atoms with van der Waals surface area (Å²) in [5.41, 5.74) is 0. The molecule has 0 aromatic carbocycles. The molecule has 2 rings (SSSR count). The molecule has 0 spiro atoms. The van der Waals surface area contributed by atoms with Crippen molar-refractivity contribution in [3.8, 4) is 0 Å². The van der Waals surface area contributed by atoms with Crippen molar-refractivity contribution < 1.29 is 4.42 Å². The van der Waals surface area contributed by atoms with E-state index in [1.807, 2.05) is 12.1 Å². The Hall–Kier alpha value is -1.69. The van der Waals surface area contributed by atoms with E-state index in [4.69, 9.17) is 4.42 Å². The molecule has 0 aliphatic heterocycles. The number of furan rings is 1. The van der Waals surface area contributed by atoms with Crippen molar-refractivity contribution in [2.24, 2.45) is 0 Å². The third-order valence-corrected chi connectivity index (χ3v) is 1.55. The van der Waals surface area contributed by atoms with Crippen LogP contribution < -0.4 is 5.32 Å². The van der Waals surface area contributed by atoms with Gasteiger partial charge in [0.2, 0.25) is 0 Å². The number of tetrazole rings is 1. The van der Waals surface area contributed by atoms with E-state index in [1.165, 1.54) is 0 Å². The second-order valence-corrected chi connectivity index (χ2v) is 2.51. The third kappa shape index (κ3) is 2.12. The lowest BCUT2D eigenvalue weighted by Crippen LogP contribution is -2.13. The Bertz CT molecular complexity index is 293. The smallest absolute Gasteiger partial charge is 0.188 e. The fraction of sp³-hybridized carbons (Fsp3) is 0.286. The van der Waals surface area contributed by atoms with Crippen LogP contribution in [0.2, 0.25) is 0 Å². The van der Waals surface area contributed by atoms with Crippen molar-refractivity contribution in [2.75, 3.05) is 0 Å². The van der Waals surface area contributed by atoms with E-state index in [1.54, 1.807) is 6.26 Å². The molecule has 0 unspecified atom stereocenters. The highest BCUT2D eigenvalue weighted by atomic mass is 16.3. The predicted octanol–water partition coefficient (Wildman–Crippen LogP) is 0.0825. The predicted molar refractivity (Wildman–Crippen MR) is 43.4 cm³/mol. The molecule has 0 saturated carbocycles. The Morgan fingerprint density at radius 2 is 2.46 bits per heavy atom. The minimum Gasteiger partial charge on any atom is -0.468 e. The average Bonchev–Trinajstić information content (AvgIpc) is 2.75. The number of rotatable bonds is 4. The van der Waals surface area contributed by atoms with E-state index in [0.717, 1.165) is 5.76 Å². The van der Waals surface area contributed by atoms with E-state index in [9.17, 15) is 0 Å². The van der Waals surface area contributed by atoms with Gasteiger partial charge in [0.05, 0.1) is 19.4 Å². The maximum atomic E-state index is 5.13. The molecule has 2 heterocycles. The molecule has 2 aromatic heterocycles. The number of aromatic amines is 1. The van der Waals surface area contributed by atoms with Gasteiger partial charge in [0.1, 0.15) is 5.76 Å². The van der Waals surface area contributed by atoms with Gasteiger partial charge < -0.3 is 9.73 Å². The first-order chi connectivity index (χ1) is 6.45. The zero-order valence-corrected chi connectivity index (χ0v) is 6.90. The van der Waals surface area contributed by atoms with E-state index in [2.05, 4.69) is 25.9 Å². The Morgan fingerprint density at radius 3 is 3.15 bits per heavy atom. The number of H-pyrrole nitrogens is 1. The summed E-state index contributed by atoms with van der Waals surface area (Å²) >= 11 is 0. The first-order valence-electron chi connectivity index (χ1n) is 3.90. The summed E-state index contributed by atoms with van der Waals surface area (Å²) in [5, 5.41) is 16.5. The van der Waals surface area contributed by atoms with Crippen LogP contribution in [0.15, 0.2) is 22.8 Å². The molecule has 0 bridgehead atoms. The van der Waals surface area contributed by atoms with Crippen LogP contribution in [0.25, 0.3) is 0 Å². The highest BCUT2D eigenvalue weighted by molar-refractivity contribution is 4.97. The topological polar surface area (TPSA) is 79.6 Å². The van der Waals surface area contributed by atoms with Crippen LogP contribution in [0.5, 0.6) is 0 Å². The summed E-state index contributed by atoms with van der Waals surface area (Å²) in [4.78, 5) is 0. The molecule has 0 fully saturated rings. The van der Waals surface area contributed by atoms with Crippen molar-refractivity contribution in [2.45, 2.75) is 13.1 Å². The summed E-state index contributed by atoms with van der Waals surface area (Å²) in [6.07, 6.45) is 1.64. The van der Waals surface area contributed by atoms with Gasteiger partial charge in [-0.05, 0) is 12.1 Å². The van der Waals surface area contributed by atoms with Gasteiger partial charge in [-0.3, -0.25) is 0 Å². The molecule has 2 aromatic rings. The molecule has 0 radical (unpaired) electrons. The lowest BCUT2D eigenvalue weighted by Gasteiger charge is -1.96. The summed E-state index contributed by atoms with van der Waals surface area (Å²) in [7, 11) is 0. The summed E-state index contributed by atoms with van der Waals surface area (Å²) in [5.74, 6) is 1.54. The minimum absolute atomic E-state index is 0.581. The lowest BCUT2D eigenvalue weighted by atomic mass is 10.4. The quantitative estimate of drug-likeness (QED) is 0.694. The number of hydrogen-bond donors (Lipinski definition) is 2. The number of nitrogens with one attached hydrogen (secondary N) is 2. The number of nitrogens with zero attached hydrogens (tertiary/aromatic N) is 3. The Morgan fingerprint density at radius 1 is 1.46 bits per heavy atom. The van der Waals surface area contributed by atoms with Crippen molar-refractivity contribution in [3.63, 3.8) is 0 Å². The SMILES string of the molecule is c1coc(CNCc2nn[nH]n2)c1. The monoisotopic (exact) mass is 179 g/mol. The Labute approximate surface area is 74.3 Å². The zero-order chi connectivity index (χ0) is 8.93. The van der Waals surface area contributed by atoms with Crippen molar-refractivity contribution in [1.29, 1.82) is 0 Å². The van der Waals surface area contributed by atoms with Crippen LogP contribution >= 0.6 is 0 Å². The van der Waals surface area contributed by atoms with Gasteiger partial charge in [0, 0.05) is 0 Å². The van der Waals surface area contributed by atoms with E-state index < -0.39 is 0 Å². The molecular formula is C7H9N5O. The fourth-order valence-corrected chi connectivity index (χ4v) is 0.968. The largest absolute Gasteiger partial charge is 0.468 e. The molecule has 13 heavy (non-hydrogen) atoms. The summed E-state index contributed by atoms with van der Waals surface area (Å²) in [6, 6.07) is 3.76. The molecule has 2 N–H and O–H groups in total. The van der Waals surface area contributed by atoms with Gasteiger partial charge in [0.25, 0.3) is 0 Å². The first kappa shape index (κ1) is 7.93. The molecule has 0 saturated heterocycles.